The van der Waals surface area contributed by atoms with Crippen molar-refractivity contribution in [2.24, 2.45) is 0 Å². The number of carbonyl (C=O) groups excluding carboxylic acids is 1. The fraction of sp³-hybridized carbons (Fsp3) is 0.125. The lowest BCUT2D eigenvalue weighted by Crippen LogP contribution is -2.16. The highest BCUT2D eigenvalue weighted by molar-refractivity contribution is 5.92. The van der Waals surface area contributed by atoms with E-state index in [0.29, 0.717) is 6.42 Å². The van der Waals surface area contributed by atoms with Crippen molar-refractivity contribution in [2.75, 3.05) is 5.32 Å². The smallest absolute Gasteiger partial charge is 0.158 e. The Kier molecular flexibility index (Phi) is 5.01. The lowest BCUT2D eigenvalue weighted by molar-refractivity contribution is -0.115. The van der Waals surface area contributed by atoms with E-state index < -0.39 is 0 Å². The number of hydrogen-bond donors (Lipinski definition) is 1. The molecule has 1 N–H and O–H groups in total. The summed E-state index contributed by atoms with van der Waals surface area (Å²) in [7, 11) is 0. The van der Waals surface area contributed by atoms with Crippen molar-refractivity contribution in [3.05, 3.63) is 102 Å². The molecule has 1 atom stereocenters. The zero-order valence-electron chi connectivity index (χ0n) is 15.0. The number of hydrogen-bond acceptors (Lipinski definition) is 3. The summed E-state index contributed by atoms with van der Waals surface area (Å²) in [5, 5.41) is 3.42. The van der Waals surface area contributed by atoms with Gasteiger partial charge >= 0.3 is 0 Å². The second-order valence-corrected chi connectivity index (χ2v) is 6.69. The van der Waals surface area contributed by atoms with Crippen LogP contribution in [0, 0.1) is 0 Å². The molecule has 0 bridgehead atoms. The first-order valence-electron chi connectivity index (χ1n) is 9.15. The Balaban J connectivity index is 1.54. The van der Waals surface area contributed by atoms with Crippen LogP contribution in [0.2, 0.25) is 0 Å². The van der Waals surface area contributed by atoms with Gasteiger partial charge in [0.25, 0.3) is 0 Å². The van der Waals surface area contributed by atoms with E-state index in [1.54, 1.807) is 6.08 Å². The summed E-state index contributed by atoms with van der Waals surface area (Å²) in [6, 6.07) is 27.7. The van der Waals surface area contributed by atoms with Crippen LogP contribution in [0.3, 0.4) is 0 Å². The van der Waals surface area contributed by atoms with E-state index >= 15 is 0 Å². The summed E-state index contributed by atoms with van der Waals surface area (Å²) in [4.78, 5) is 12.3. The molecule has 1 aliphatic rings. The van der Waals surface area contributed by atoms with Crippen molar-refractivity contribution < 1.29 is 9.53 Å². The lowest BCUT2D eigenvalue weighted by Gasteiger charge is -2.24. The van der Waals surface area contributed by atoms with E-state index in [9.17, 15) is 4.79 Å². The standard InChI is InChI=1S/C24H21NO2/c26-21-16-19(18-9-3-1-4-10-18)15-20(17-21)25-23-13-7-8-14-24(23)27-22-11-5-2-6-12-22/h1-14,17,19,25H,15-16H2. The predicted molar refractivity (Wildman–Crippen MR) is 108 cm³/mol. The number of ether oxygens (including phenoxy) is 1. The van der Waals surface area contributed by atoms with Crippen molar-refractivity contribution in [1.29, 1.82) is 0 Å². The van der Waals surface area contributed by atoms with Crippen molar-refractivity contribution in [1.82, 2.24) is 0 Å². The Bertz CT molecular complexity index is 948. The van der Waals surface area contributed by atoms with Gasteiger partial charge in [0.2, 0.25) is 0 Å². The third kappa shape index (κ3) is 4.26. The Hall–Kier alpha value is -3.33. The van der Waals surface area contributed by atoms with Gasteiger partial charge in [0.05, 0.1) is 5.69 Å². The molecule has 0 aromatic heterocycles. The molecule has 3 nitrogen and oxygen atoms in total. The first-order chi connectivity index (χ1) is 13.3. The second kappa shape index (κ2) is 7.92. The first-order valence-corrected chi connectivity index (χ1v) is 9.15. The molecule has 0 amide bonds. The molecule has 0 saturated heterocycles. The number of para-hydroxylation sites is 3. The van der Waals surface area contributed by atoms with Crippen molar-refractivity contribution >= 4 is 11.5 Å². The van der Waals surface area contributed by atoms with Gasteiger partial charge in [-0.3, -0.25) is 4.79 Å². The maximum absolute atomic E-state index is 12.3. The monoisotopic (exact) mass is 355 g/mol. The largest absolute Gasteiger partial charge is 0.455 e. The van der Waals surface area contributed by atoms with E-state index in [0.717, 1.165) is 29.3 Å². The van der Waals surface area contributed by atoms with E-state index in [2.05, 4.69) is 17.4 Å². The number of rotatable bonds is 5. The molecular weight excluding hydrogens is 334 g/mol. The molecule has 0 fully saturated rings. The van der Waals surface area contributed by atoms with Crippen LogP contribution in [0.1, 0.15) is 24.3 Å². The van der Waals surface area contributed by atoms with Gasteiger partial charge in [0.1, 0.15) is 5.75 Å². The van der Waals surface area contributed by atoms with E-state index in [4.69, 9.17) is 4.74 Å². The number of anilines is 1. The molecule has 1 unspecified atom stereocenters. The van der Waals surface area contributed by atoms with Crippen molar-refractivity contribution in [3.63, 3.8) is 0 Å². The van der Waals surface area contributed by atoms with E-state index in [1.807, 2.05) is 72.8 Å². The molecule has 0 saturated carbocycles. The van der Waals surface area contributed by atoms with Crippen LogP contribution in [0.5, 0.6) is 11.5 Å². The minimum absolute atomic E-state index is 0.152. The molecule has 0 radical (unpaired) electrons. The van der Waals surface area contributed by atoms with Crippen molar-refractivity contribution in [2.45, 2.75) is 18.8 Å². The number of nitrogens with one attached hydrogen (secondary N) is 1. The third-order valence-corrected chi connectivity index (χ3v) is 4.67. The minimum Gasteiger partial charge on any atom is -0.455 e. The number of ketones is 1. The molecule has 27 heavy (non-hydrogen) atoms. The molecule has 0 aliphatic heterocycles. The predicted octanol–water partition coefficient (Wildman–Crippen LogP) is 5.92. The fourth-order valence-electron chi connectivity index (χ4n) is 3.39. The SMILES string of the molecule is O=C1C=C(Nc2ccccc2Oc2ccccc2)CC(c2ccccc2)C1. The summed E-state index contributed by atoms with van der Waals surface area (Å²) in [6.45, 7) is 0. The average molecular weight is 355 g/mol. The summed E-state index contributed by atoms with van der Waals surface area (Å²) >= 11 is 0. The van der Waals surface area contributed by atoms with Crippen LogP contribution < -0.4 is 10.1 Å². The molecular formula is C24H21NO2. The summed E-state index contributed by atoms with van der Waals surface area (Å²) < 4.78 is 6.01. The molecule has 3 aromatic carbocycles. The van der Waals surface area contributed by atoms with Gasteiger partial charge in [-0.25, -0.2) is 0 Å². The molecule has 3 aromatic rings. The van der Waals surface area contributed by atoms with Gasteiger partial charge in [-0.05, 0) is 42.2 Å². The topological polar surface area (TPSA) is 38.3 Å². The normalized spacial score (nSPS) is 16.5. The van der Waals surface area contributed by atoms with Gasteiger partial charge in [0, 0.05) is 18.2 Å². The second-order valence-electron chi connectivity index (χ2n) is 6.69. The highest BCUT2D eigenvalue weighted by Crippen LogP contribution is 2.35. The zero-order chi connectivity index (χ0) is 18.5. The summed E-state index contributed by atoms with van der Waals surface area (Å²) in [6.07, 6.45) is 3.07. The van der Waals surface area contributed by atoms with Gasteiger partial charge in [-0.1, -0.05) is 60.7 Å². The van der Waals surface area contributed by atoms with Crippen LogP contribution in [-0.2, 0) is 4.79 Å². The molecule has 4 rings (SSSR count). The molecule has 0 spiro atoms. The van der Waals surface area contributed by atoms with Crippen LogP contribution in [-0.4, -0.2) is 5.78 Å². The maximum Gasteiger partial charge on any atom is 0.158 e. The van der Waals surface area contributed by atoms with E-state index in [1.165, 1.54) is 5.56 Å². The fourth-order valence-corrected chi connectivity index (χ4v) is 3.39. The Morgan fingerprint density at radius 1 is 0.778 bits per heavy atom. The Labute approximate surface area is 159 Å². The van der Waals surface area contributed by atoms with Gasteiger partial charge in [-0.2, -0.15) is 0 Å². The summed E-state index contributed by atoms with van der Waals surface area (Å²) in [5.41, 5.74) is 2.98. The Morgan fingerprint density at radius 3 is 2.22 bits per heavy atom. The van der Waals surface area contributed by atoms with Gasteiger partial charge in [0.15, 0.2) is 11.5 Å². The number of benzene rings is 3. The molecule has 1 aliphatic carbocycles. The van der Waals surface area contributed by atoms with Crippen LogP contribution in [0.15, 0.2) is 96.7 Å². The van der Waals surface area contributed by atoms with Gasteiger partial charge in [-0.15, -0.1) is 0 Å². The molecule has 3 heteroatoms. The van der Waals surface area contributed by atoms with E-state index in [-0.39, 0.29) is 11.7 Å². The Morgan fingerprint density at radius 2 is 1.44 bits per heavy atom. The molecule has 0 heterocycles. The first kappa shape index (κ1) is 17.1. The zero-order valence-corrected chi connectivity index (χ0v) is 15.0. The quantitative estimate of drug-likeness (QED) is 0.617. The van der Waals surface area contributed by atoms with Crippen LogP contribution in [0.4, 0.5) is 5.69 Å². The number of carbonyl (C=O) groups is 1. The van der Waals surface area contributed by atoms with Crippen LogP contribution >= 0.6 is 0 Å². The highest BCUT2D eigenvalue weighted by Gasteiger charge is 2.22. The van der Waals surface area contributed by atoms with Gasteiger partial charge < -0.3 is 10.1 Å². The minimum atomic E-state index is 0.152. The summed E-state index contributed by atoms with van der Waals surface area (Å²) in [5.74, 6) is 1.87. The number of allylic oxidation sites excluding steroid dienone is 2. The molecule has 134 valence electrons. The lowest BCUT2D eigenvalue weighted by atomic mass is 9.85. The highest BCUT2D eigenvalue weighted by atomic mass is 16.5. The van der Waals surface area contributed by atoms with Crippen molar-refractivity contribution in [3.8, 4) is 11.5 Å². The maximum atomic E-state index is 12.3. The average Bonchev–Trinajstić information content (AvgIpc) is 2.71. The third-order valence-electron chi connectivity index (χ3n) is 4.67. The van der Waals surface area contributed by atoms with Crippen LogP contribution in [0.25, 0.3) is 0 Å².